The second-order valence-electron chi connectivity index (χ2n) is 4.40. The zero-order chi connectivity index (χ0) is 11.6. The van der Waals surface area contributed by atoms with E-state index in [1.807, 2.05) is 13.8 Å². The quantitative estimate of drug-likeness (QED) is 0.705. The topological polar surface area (TPSA) is 58.6 Å². The molecule has 0 aliphatic carbocycles. The molecular weight excluding hydrogens is 196 g/mol. The van der Waals surface area contributed by atoms with Crippen molar-refractivity contribution in [1.82, 2.24) is 10.2 Å². The number of hydrogen-bond acceptors (Lipinski definition) is 3. The lowest BCUT2D eigenvalue weighted by molar-refractivity contribution is -0.153. The maximum atomic E-state index is 11.7. The Kier molecular flexibility index (Phi) is 3.34. The van der Waals surface area contributed by atoms with Crippen LogP contribution in [0.5, 0.6) is 0 Å². The molecular formula is C10H18N2O3. The number of nitrogens with one attached hydrogen (secondary N) is 1. The van der Waals surface area contributed by atoms with Crippen molar-refractivity contribution >= 4 is 11.8 Å². The van der Waals surface area contributed by atoms with Crippen molar-refractivity contribution in [3.63, 3.8) is 0 Å². The Labute approximate surface area is 89.8 Å². The van der Waals surface area contributed by atoms with Gasteiger partial charge in [-0.25, -0.2) is 0 Å². The Balaban J connectivity index is 2.89. The number of ether oxygens (including phenoxy) is 1. The molecule has 1 saturated heterocycles. The van der Waals surface area contributed by atoms with Gasteiger partial charge in [0.2, 0.25) is 11.8 Å². The van der Waals surface area contributed by atoms with Crippen molar-refractivity contribution in [2.75, 3.05) is 20.3 Å². The fraction of sp³-hybridized carbons (Fsp3) is 0.800. The smallest absolute Gasteiger partial charge is 0.243 e. The lowest BCUT2D eigenvalue weighted by Crippen LogP contribution is -2.64. The summed E-state index contributed by atoms with van der Waals surface area (Å²) in [6, 6.07) is -0.434. The predicted octanol–water partition coefficient (Wildman–Crippen LogP) is -0.242. The minimum absolute atomic E-state index is 0.0656. The van der Waals surface area contributed by atoms with E-state index in [1.165, 1.54) is 0 Å². The third kappa shape index (κ3) is 2.28. The van der Waals surface area contributed by atoms with Gasteiger partial charge in [-0.3, -0.25) is 9.59 Å². The normalized spacial score (nSPS) is 22.9. The van der Waals surface area contributed by atoms with Crippen LogP contribution in [0, 0.1) is 0 Å². The van der Waals surface area contributed by atoms with Crippen LogP contribution >= 0.6 is 0 Å². The van der Waals surface area contributed by atoms with Gasteiger partial charge in [-0.2, -0.15) is 0 Å². The summed E-state index contributed by atoms with van der Waals surface area (Å²) in [7, 11) is 1.58. The highest BCUT2D eigenvalue weighted by atomic mass is 16.5. The summed E-state index contributed by atoms with van der Waals surface area (Å²) in [5.74, 6) is -0.178. The molecule has 2 amide bonds. The lowest BCUT2D eigenvalue weighted by Gasteiger charge is -2.43. The van der Waals surface area contributed by atoms with Crippen molar-refractivity contribution in [2.24, 2.45) is 0 Å². The van der Waals surface area contributed by atoms with Crippen LogP contribution in [0.4, 0.5) is 0 Å². The highest BCUT2D eigenvalue weighted by molar-refractivity contribution is 5.95. The molecule has 1 rings (SSSR count). The summed E-state index contributed by atoms with van der Waals surface area (Å²) in [4.78, 5) is 24.8. The van der Waals surface area contributed by atoms with Crippen molar-refractivity contribution in [3.05, 3.63) is 0 Å². The van der Waals surface area contributed by atoms with Crippen molar-refractivity contribution in [2.45, 2.75) is 32.4 Å². The molecule has 1 heterocycles. The van der Waals surface area contributed by atoms with Crippen molar-refractivity contribution < 1.29 is 14.3 Å². The second-order valence-corrected chi connectivity index (χ2v) is 4.40. The second kappa shape index (κ2) is 4.18. The third-order valence-electron chi connectivity index (χ3n) is 2.60. The van der Waals surface area contributed by atoms with E-state index in [2.05, 4.69) is 5.32 Å². The Bertz CT molecular complexity index is 276. The molecule has 0 aromatic rings. The number of piperazine rings is 1. The molecule has 0 bridgehead atoms. The number of carbonyl (C=O) groups is 2. The van der Waals surface area contributed by atoms with Crippen LogP contribution in [0.3, 0.4) is 0 Å². The third-order valence-corrected chi connectivity index (χ3v) is 2.60. The molecule has 0 saturated carbocycles. The highest BCUT2D eigenvalue weighted by Gasteiger charge is 2.40. The van der Waals surface area contributed by atoms with E-state index in [0.717, 1.165) is 0 Å². The number of amides is 2. The van der Waals surface area contributed by atoms with Gasteiger partial charge in [0, 0.05) is 7.11 Å². The van der Waals surface area contributed by atoms with E-state index < -0.39 is 11.6 Å². The number of methoxy groups -OCH3 is 1. The molecule has 1 atom stereocenters. The van der Waals surface area contributed by atoms with Gasteiger partial charge in [0.15, 0.2) is 0 Å². The van der Waals surface area contributed by atoms with Gasteiger partial charge in [0.05, 0.1) is 18.7 Å². The maximum Gasteiger partial charge on any atom is 0.243 e. The van der Waals surface area contributed by atoms with E-state index in [-0.39, 0.29) is 18.4 Å². The van der Waals surface area contributed by atoms with Gasteiger partial charge >= 0.3 is 0 Å². The minimum atomic E-state index is -0.455. The van der Waals surface area contributed by atoms with Gasteiger partial charge < -0.3 is 15.0 Å². The van der Waals surface area contributed by atoms with Gasteiger partial charge in [0.1, 0.15) is 6.04 Å². The summed E-state index contributed by atoms with van der Waals surface area (Å²) >= 11 is 0. The molecule has 0 aromatic carbocycles. The predicted molar refractivity (Wildman–Crippen MR) is 55.3 cm³/mol. The number of nitrogens with zero attached hydrogens (tertiary/aromatic N) is 1. The molecule has 5 heteroatoms. The molecule has 15 heavy (non-hydrogen) atoms. The molecule has 5 nitrogen and oxygen atoms in total. The first-order chi connectivity index (χ1) is 6.90. The highest BCUT2D eigenvalue weighted by Crippen LogP contribution is 2.20. The number of rotatable bonds is 3. The Hall–Kier alpha value is -1.10. The van der Waals surface area contributed by atoms with Gasteiger partial charge in [-0.05, 0) is 20.8 Å². The minimum Gasteiger partial charge on any atom is -0.382 e. The van der Waals surface area contributed by atoms with E-state index in [4.69, 9.17) is 4.74 Å². The van der Waals surface area contributed by atoms with E-state index >= 15 is 0 Å². The zero-order valence-corrected chi connectivity index (χ0v) is 9.66. The van der Waals surface area contributed by atoms with E-state index in [1.54, 1.807) is 18.9 Å². The molecule has 86 valence electrons. The molecule has 1 unspecified atom stereocenters. The zero-order valence-electron chi connectivity index (χ0n) is 9.66. The molecule has 1 fully saturated rings. The van der Waals surface area contributed by atoms with Gasteiger partial charge in [-0.15, -0.1) is 0 Å². The Morgan fingerprint density at radius 1 is 1.53 bits per heavy atom. The van der Waals surface area contributed by atoms with Crippen molar-refractivity contribution in [1.29, 1.82) is 0 Å². The van der Waals surface area contributed by atoms with Crippen LogP contribution in [0.1, 0.15) is 20.8 Å². The molecule has 0 aromatic heterocycles. The van der Waals surface area contributed by atoms with Crippen LogP contribution in [-0.2, 0) is 14.3 Å². The average Bonchev–Trinajstić information content (AvgIpc) is 2.11. The molecule has 1 aliphatic heterocycles. The van der Waals surface area contributed by atoms with E-state index in [0.29, 0.717) is 6.61 Å². The SMILES string of the molecule is COCC(C)(C)N1C(=O)CNC(=O)C1C. The standard InChI is InChI=1S/C10H18N2O3/c1-7-9(14)11-5-8(13)12(7)10(2,3)6-15-4/h7H,5-6H2,1-4H3,(H,11,14). The average molecular weight is 214 g/mol. The Morgan fingerprint density at radius 3 is 2.67 bits per heavy atom. The maximum absolute atomic E-state index is 11.7. The first kappa shape index (κ1) is 12.0. The summed E-state index contributed by atoms with van der Waals surface area (Å²) in [5, 5.41) is 2.55. The van der Waals surface area contributed by atoms with Gasteiger partial charge in [-0.1, -0.05) is 0 Å². The van der Waals surface area contributed by atoms with Crippen LogP contribution in [0.2, 0.25) is 0 Å². The molecule has 1 aliphatic rings. The van der Waals surface area contributed by atoms with Crippen LogP contribution in [-0.4, -0.2) is 48.6 Å². The number of hydrogen-bond donors (Lipinski definition) is 1. The molecule has 0 radical (unpaired) electrons. The van der Waals surface area contributed by atoms with Crippen LogP contribution in [0.15, 0.2) is 0 Å². The van der Waals surface area contributed by atoms with Crippen LogP contribution < -0.4 is 5.32 Å². The van der Waals surface area contributed by atoms with E-state index in [9.17, 15) is 9.59 Å². The van der Waals surface area contributed by atoms with Crippen LogP contribution in [0.25, 0.3) is 0 Å². The lowest BCUT2D eigenvalue weighted by atomic mass is 9.99. The summed E-state index contributed by atoms with van der Waals surface area (Å²) < 4.78 is 5.07. The largest absolute Gasteiger partial charge is 0.382 e. The number of carbonyl (C=O) groups excluding carboxylic acids is 2. The summed E-state index contributed by atoms with van der Waals surface area (Å²) in [6.45, 7) is 6.00. The first-order valence-electron chi connectivity index (χ1n) is 4.99. The van der Waals surface area contributed by atoms with Crippen molar-refractivity contribution in [3.8, 4) is 0 Å². The van der Waals surface area contributed by atoms with Gasteiger partial charge in [0.25, 0.3) is 0 Å². The fourth-order valence-corrected chi connectivity index (χ4v) is 2.01. The Morgan fingerprint density at radius 2 is 2.13 bits per heavy atom. The summed E-state index contributed by atoms with van der Waals surface area (Å²) in [5.41, 5.74) is -0.455. The monoisotopic (exact) mass is 214 g/mol. The summed E-state index contributed by atoms with van der Waals surface area (Å²) in [6.07, 6.45) is 0. The first-order valence-corrected chi connectivity index (χ1v) is 4.99. The fourth-order valence-electron chi connectivity index (χ4n) is 2.01. The molecule has 0 spiro atoms. The molecule has 1 N–H and O–H groups in total.